The molecule has 1 radical (unpaired) electrons. The normalized spacial score (nSPS) is 10.0. The van der Waals surface area contributed by atoms with E-state index >= 15 is 0 Å². The summed E-state index contributed by atoms with van der Waals surface area (Å²) in [5.74, 6) is 0. The van der Waals surface area contributed by atoms with Crippen molar-refractivity contribution in [2.45, 2.75) is 25.7 Å². The van der Waals surface area contributed by atoms with Crippen LogP contribution in [0.1, 0.15) is 25.7 Å². The molecule has 0 aliphatic heterocycles. The zero-order valence-electron chi connectivity index (χ0n) is 6.18. The highest BCUT2D eigenvalue weighted by Crippen LogP contribution is 1.93. The average molecular weight is 137 g/mol. The Bertz CT molecular complexity index is 99.9. The summed E-state index contributed by atoms with van der Waals surface area (Å²) >= 11 is 0. The van der Waals surface area contributed by atoms with Crippen LogP contribution in [0.15, 0.2) is 24.8 Å². The summed E-state index contributed by atoms with van der Waals surface area (Å²) in [6.45, 7) is 3.60. The van der Waals surface area contributed by atoms with Gasteiger partial charge in [-0.2, -0.15) is 0 Å². The molecule has 0 unspecified atom stereocenters. The standard InChI is InChI=1S/C9H13O/c1-2-3-4-5-6-7-8-9-10/h2,5-6H,1,3-4,7-8H2/b6-5+. The first-order valence-corrected chi connectivity index (χ1v) is 3.52. The van der Waals surface area contributed by atoms with Crippen molar-refractivity contribution in [1.82, 2.24) is 0 Å². The molecule has 0 bridgehead atoms. The maximum absolute atomic E-state index is 9.72. The first kappa shape index (κ1) is 9.15. The molecule has 0 heterocycles. The lowest BCUT2D eigenvalue weighted by Crippen LogP contribution is -1.70. The minimum Gasteiger partial charge on any atom is -0.291 e. The summed E-state index contributed by atoms with van der Waals surface area (Å²) in [5, 5.41) is 0. The van der Waals surface area contributed by atoms with Crippen LogP contribution in [-0.4, -0.2) is 6.29 Å². The Balaban J connectivity index is 3.03. The topological polar surface area (TPSA) is 17.1 Å². The van der Waals surface area contributed by atoms with Gasteiger partial charge in [0.25, 0.3) is 0 Å². The molecule has 1 nitrogen and oxygen atoms in total. The van der Waals surface area contributed by atoms with Crippen molar-refractivity contribution in [3.63, 3.8) is 0 Å². The van der Waals surface area contributed by atoms with Gasteiger partial charge in [0, 0.05) is 6.42 Å². The Kier molecular flexibility index (Phi) is 7.46. The van der Waals surface area contributed by atoms with Crippen molar-refractivity contribution >= 4 is 6.29 Å². The molecule has 0 rings (SSSR count). The van der Waals surface area contributed by atoms with E-state index in [9.17, 15) is 4.79 Å². The van der Waals surface area contributed by atoms with Crippen molar-refractivity contribution in [2.24, 2.45) is 0 Å². The highest BCUT2D eigenvalue weighted by molar-refractivity contribution is 5.50. The van der Waals surface area contributed by atoms with Crippen molar-refractivity contribution in [1.29, 1.82) is 0 Å². The maximum atomic E-state index is 9.72. The summed E-state index contributed by atoms with van der Waals surface area (Å²) in [6.07, 6.45) is 11.2. The van der Waals surface area contributed by atoms with Crippen molar-refractivity contribution in [3.8, 4) is 0 Å². The molecule has 0 aliphatic rings. The molecule has 0 aromatic rings. The van der Waals surface area contributed by atoms with E-state index in [2.05, 4.69) is 12.7 Å². The Morgan fingerprint density at radius 3 is 2.50 bits per heavy atom. The predicted molar refractivity (Wildman–Crippen MR) is 43.5 cm³/mol. The van der Waals surface area contributed by atoms with E-state index in [1.807, 2.05) is 18.4 Å². The second-order valence-electron chi connectivity index (χ2n) is 2.02. The first-order chi connectivity index (χ1) is 4.91. The number of rotatable bonds is 6. The molecule has 0 saturated heterocycles. The SMILES string of the molecule is C=CCC/C=C/CC[C]=O. The Morgan fingerprint density at radius 2 is 1.90 bits per heavy atom. The largest absolute Gasteiger partial charge is 0.291 e. The van der Waals surface area contributed by atoms with E-state index in [0.717, 1.165) is 19.3 Å². The van der Waals surface area contributed by atoms with Gasteiger partial charge in [-0.3, -0.25) is 4.79 Å². The van der Waals surface area contributed by atoms with E-state index in [1.165, 1.54) is 0 Å². The third-order valence-corrected chi connectivity index (χ3v) is 1.12. The fourth-order valence-corrected chi connectivity index (χ4v) is 0.592. The number of unbranched alkanes of at least 4 members (excludes halogenated alkanes) is 2. The maximum Gasteiger partial charge on any atom is 0.198 e. The van der Waals surface area contributed by atoms with Gasteiger partial charge in [0.2, 0.25) is 0 Å². The van der Waals surface area contributed by atoms with Gasteiger partial charge >= 0.3 is 0 Å². The van der Waals surface area contributed by atoms with Crippen LogP contribution in [0, 0.1) is 0 Å². The lowest BCUT2D eigenvalue weighted by molar-refractivity contribution is 0.552. The fraction of sp³-hybridized carbons (Fsp3) is 0.444. The molecule has 0 aromatic heterocycles. The molecular weight excluding hydrogens is 124 g/mol. The lowest BCUT2D eigenvalue weighted by atomic mass is 10.2. The summed E-state index contributed by atoms with van der Waals surface area (Å²) < 4.78 is 0. The smallest absolute Gasteiger partial charge is 0.198 e. The van der Waals surface area contributed by atoms with Crippen LogP contribution in [0.2, 0.25) is 0 Å². The van der Waals surface area contributed by atoms with Crippen molar-refractivity contribution < 1.29 is 4.79 Å². The summed E-state index contributed by atoms with van der Waals surface area (Å²) in [4.78, 5) is 9.72. The third kappa shape index (κ3) is 7.15. The zero-order valence-corrected chi connectivity index (χ0v) is 6.18. The van der Waals surface area contributed by atoms with Crippen molar-refractivity contribution in [2.75, 3.05) is 0 Å². The van der Waals surface area contributed by atoms with E-state index in [1.54, 1.807) is 0 Å². The summed E-state index contributed by atoms with van der Waals surface area (Å²) in [6, 6.07) is 0. The van der Waals surface area contributed by atoms with Crippen LogP contribution in [-0.2, 0) is 4.79 Å². The Labute approximate surface area is 62.4 Å². The predicted octanol–water partition coefficient (Wildman–Crippen LogP) is 2.40. The molecular formula is C9H13O. The molecule has 0 aromatic carbocycles. The van der Waals surface area contributed by atoms with Gasteiger partial charge in [-0.15, -0.1) is 6.58 Å². The highest BCUT2D eigenvalue weighted by Gasteiger charge is 1.78. The van der Waals surface area contributed by atoms with Crippen LogP contribution < -0.4 is 0 Å². The zero-order chi connectivity index (χ0) is 7.66. The molecule has 0 saturated carbocycles. The van der Waals surface area contributed by atoms with Crippen molar-refractivity contribution in [3.05, 3.63) is 24.8 Å². The van der Waals surface area contributed by atoms with Gasteiger partial charge in [0.1, 0.15) is 0 Å². The second kappa shape index (κ2) is 8.15. The van der Waals surface area contributed by atoms with E-state index in [4.69, 9.17) is 0 Å². The number of carbonyl (C=O) groups excluding carboxylic acids is 1. The first-order valence-electron chi connectivity index (χ1n) is 3.52. The van der Waals surface area contributed by atoms with Crippen LogP contribution in [0.5, 0.6) is 0 Å². The lowest BCUT2D eigenvalue weighted by Gasteiger charge is -1.84. The second-order valence-corrected chi connectivity index (χ2v) is 2.02. The monoisotopic (exact) mass is 137 g/mol. The number of hydrogen-bond acceptors (Lipinski definition) is 1. The van der Waals surface area contributed by atoms with Gasteiger partial charge in [0.05, 0.1) is 0 Å². The fourth-order valence-electron chi connectivity index (χ4n) is 0.592. The van der Waals surface area contributed by atoms with E-state index in [0.29, 0.717) is 6.42 Å². The summed E-state index contributed by atoms with van der Waals surface area (Å²) in [7, 11) is 0. The van der Waals surface area contributed by atoms with E-state index < -0.39 is 0 Å². The third-order valence-electron chi connectivity index (χ3n) is 1.12. The number of allylic oxidation sites excluding steroid dienone is 3. The molecule has 0 fully saturated rings. The highest BCUT2D eigenvalue weighted by atomic mass is 16.1. The number of hydrogen-bond donors (Lipinski definition) is 0. The molecule has 55 valence electrons. The van der Waals surface area contributed by atoms with Crippen LogP contribution in [0.25, 0.3) is 0 Å². The molecule has 10 heavy (non-hydrogen) atoms. The van der Waals surface area contributed by atoms with Gasteiger partial charge < -0.3 is 0 Å². The van der Waals surface area contributed by atoms with Gasteiger partial charge in [-0.25, -0.2) is 0 Å². The molecule has 0 spiro atoms. The molecule has 0 amide bonds. The van der Waals surface area contributed by atoms with Crippen LogP contribution in [0.3, 0.4) is 0 Å². The Morgan fingerprint density at radius 1 is 1.20 bits per heavy atom. The molecule has 0 aliphatic carbocycles. The molecule has 0 N–H and O–H groups in total. The van der Waals surface area contributed by atoms with Gasteiger partial charge in [0.15, 0.2) is 6.29 Å². The Hall–Kier alpha value is -0.850. The average Bonchev–Trinajstić information content (AvgIpc) is 1.97. The quantitative estimate of drug-likeness (QED) is 0.406. The minimum atomic E-state index is 0.518. The minimum absolute atomic E-state index is 0.518. The molecule has 1 heteroatoms. The van der Waals surface area contributed by atoms with Gasteiger partial charge in [-0.1, -0.05) is 18.2 Å². The molecule has 0 atom stereocenters. The summed E-state index contributed by atoms with van der Waals surface area (Å²) in [5.41, 5.74) is 0. The van der Waals surface area contributed by atoms with Crippen LogP contribution >= 0.6 is 0 Å². The van der Waals surface area contributed by atoms with E-state index in [-0.39, 0.29) is 0 Å². The van der Waals surface area contributed by atoms with Crippen LogP contribution in [0.4, 0.5) is 0 Å². The van der Waals surface area contributed by atoms with Gasteiger partial charge in [-0.05, 0) is 19.3 Å².